The molecule has 2 aromatic rings. The maximum atomic E-state index is 13.5. The molecule has 3 amide bonds. The monoisotopic (exact) mass is 428 g/mol. The molecule has 5 nitrogen and oxygen atoms in total. The van der Waals surface area contributed by atoms with E-state index in [0.717, 1.165) is 35.2 Å². The van der Waals surface area contributed by atoms with Crippen LogP contribution in [0.15, 0.2) is 60.7 Å². The third-order valence-electron chi connectivity index (χ3n) is 7.41. The number of hydrogen-bond donors (Lipinski definition) is 1. The lowest BCUT2D eigenvalue weighted by Crippen LogP contribution is -2.38. The smallest absolute Gasteiger partial charge is 0.234 e. The summed E-state index contributed by atoms with van der Waals surface area (Å²) >= 11 is 0. The molecule has 6 rings (SSSR count). The minimum absolute atomic E-state index is 0.0392. The van der Waals surface area contributed by atoms with Crippen LogP contribution >= 0.6 is 0 Å². The lowest BCUT2D eigenvalue weighted by Gasteiger charge is -2.38. The molecule has 1 N–H and O–H groups in total. The molecule has 2 aromatic carbocycles. The highest BCUT2D eigenvalue weighted by atomic mass is 16.2. The maximum absolute atomic E-state index is 13.5. The molecule has 0 unspecified atom stereocenters. The predicted molar refractivity (Wildman–Crippen MR) is 123 cm³/mol. The number of allylic oxidation sites excluding steroid dienone is 2. The van der Waals surface area contributed by atoms with Crippen molar-refractivity contribution in [3.63, 3.8) is 0 Å². The molecule has 1 aliphatic heterocycles. The fourth-order valence-electron chi connectivity index (χ4n) is 5.82. The minimum atomic E-state index is -0.606. The second-order valence-corrected chi connectivity index (χ2v) is 9.33. The number of anilines is 1. The van der Waals surface area contributed by atoms with Gasteiger partial charge in [0.15, 0.2) is 0 Å². The van der Waals surface area contributed by atoms with E-state index in [4.69, 9.17) is 0 Å². The van der Waals surface area contributed by atoms with Crippen LogP contribution in [0.4, 0.5) is 5.69 Å². The van der Waals surface area contributed by atoms with Crippen LogP contribution in [-0.4, -0.2) is 22.6 Å². The molecular weight excluding hydrogens is 400 g/mol. The number of benzene rings is 2. The van der Waals surface area contributed by atoms with E-state index in [0.29, 0.717) is 0 Å². The van der Waals surface area contributed by atoms with Gasteiger partial charge in [-0.1, -0.05) is 60.7 Å². The third-order valence-corrected chi connectivity index (χ3v) is 7.41. The summed E-state index contributed by atoms with van der Waals surface area (Å²) in [5.41, 5.74) is 3.57. The third kappa shape index (κ3) is 3.36. The van der Waals surface area contributed by atoms with Crippen LogP contribution in [0.5, 0.6) is 0 Å². The number of fused-ring (bicyclic) bond motifs is 1. The second-order valence-electron chi connectivity index (χ2n) is 9.33. The largest absolute Gasteiger partial charge is 0.326 e. The number of nitrogens with zero attached hydrogens (tertiary/aromatic N) is 1. The number of aryl methyl sites for hydroxylation is 2. The zero-order valence-electron chi connectivity index (χ0n) is 18.5. The molecule has 164 valence electrons. The lowest BCUT2D eigenvalue weighted by molar-refractivity contribution is -0.143. The van der Waals surface area contributed by atoms with Gasteiger partial charge in [-0.3, -0.25) is 19.3 Å². The maximum Gasteiger partial charge on any atom is 0.234 e. The van der Waals surface area contributed by atoms with Crippen molar-refractivity contribution >= 4 is 23.4 Å². The molecule has 0 spiro atoms. The first kappa shape index (κ1) is 20.7. The second kappa shape index (κ2) is 8.05. The van der Waals surface area contributed by atoms with Crippen molar-refractivity contribution in [2.45, 2.75) is 39.2 Å². The van der Waals surface area contributed by atoms with E-state index < -0.39 is 6.04 Å². The van der Waals surface area contributed by atoms with E-state index in [1.54, 1.807) is 0 Å². The average Bonchev–Trinajstić information content (AvgIpc) is 3.08. The first-order chi connectivity index (χ1) is 15.5. The normalized spacial score (nSPS) is 26.9. The Bertz CT molecular complexity index is 1050. The number of rotatable bonds is 5. The summed E-state index contributed by atoms with van der Waals surface area (Å²) in [7, 11) is 0. The highest BCUT2D eigenvalue weighted by Gasteiger charge is 2.58. The van der Waals surface area contributed by atoms with Crippen LogP contribution in [0.25, 0.3) is 0 Å². The predicted octanol–water partition coefficient (Wildman–Crippen LogP) is 4.57. The topological polar surface area (TPSA) is 66.5 Å². The Labute approximate surface area is 188 Å². The van der Waals surface area contributed by atoms with Gasteiger partial charge in [-0.2, -0.15) is 0 Å². The molecule has 1 heterocycles. The fraction of sp³-hybridized carbons (Fsp3) is 0.370. The Morgan fingerprint density at radius 1 is 0.906 bits per heavy atom. The molecule has 1 saturated carbocycles. The summed E-state index contributed by atoms with van der Waals surface area (Å²) in [4.78, 5) is 41.6. The number of para-hydroxylation sites is 1. The standard InChI is InChI=1S/C27H28N2O3/c1-16-7-6-8-17(2)25(16)28-22(30)15-21(18-9-4-3-5-10-18)29-26(31)23-19-11-12-20(14-13-19)24(23)27(29)32/h3-12,19-21,23-24H,13-15H2,1-2H3,(H,28,30)/t19-,20-,21+,23+,24+/m0/s1. The van der Waals surface area contributed by atoms with Crippen molar-refractivity contribution in [3.05, 3.63) is 77.4 Å². The molecule has 32 heavy (non-hydrogen) atoms. The highest BCUT2D eigenvalue weighted by molar-refractivity contribution is 6.07. The Morgan fingerprint density at radius 2 is 1.47 bits per heavy atom. The number of nitrogens with one attached hydrogen (secondary N) is 1. The Kier molecular flexibility index (Phi) is 5.20. The number of hydrogen-bond acceptors (Lipinski definition) is 3. The van der Waals surface area contributed by atoms with E-state index >= 15 is 0 Å². The van der Waals surface area contributed by atoms with Crippen LogP contribution in [0.1, 0.15) is 42.0 Å². The van der Waals surface area contributed by atoms with Crippen LogP contribution in [0, 0.1) is 37.5 Å². The number of imide groups is 1. The summed E-state index contributed by atoms with van der Waals surface area (Å²) < 4.78 is 0. The van der Waals surface area contributed by atoms with E-state index in [9.17, 15) is 14.4 Å². The van der Waals surface area contributed by atoms with E-state index in [1.807, 2.05) is 62.4 Å². The van der Waals surface area contributed by atoms with E-state index in [1.165, 1.54) is 4.90 Å². The van der Waals surface area contributed by atoms with Crippen LogP contribution in [-0.2, 0) is 14.4 Å². The Balaban J connectivity index is 1.45. The van der Waals surface area contributed by atoms with Gasteiger partial charge in [-0.25, -0.2) is 0 Å². The molecule has 5 heteroatoms. The first-order valence-electron chi connectivity index (χ1n) is 11.4. The molecule has 3 aliphatic carbocycles. The number of amides is 3. The summed E-state index contributed by atoms with van der Waals surface area (Å²) in [5, 5.41) is 3.02. The van der Waals surface area contributed by atoms with Crippen LogP contribution in [0.2, 0.25) is 0 Å². The summed E-state index contributed by atoms with van der Waals surface area (Å²) in [5.74, 6) is -0.732. The van der Waals surface area contributed by atoms with Gasteiger partial charge < -0.3 is 5.32 Å². The van der Waals surface area contributed by atoms with E-state index in [2.05, 4.69) is 17.5 Å². The van der Waals surface area contributed by atoms with Crippen LogP contribution < -0.4 is 5.32 Å². The number of carbonyl (C=O) groups excluding carboxylic acids is 3. The van der Waals surface area contributed by atoms with Crippen LogP contribution in [0.3, 0.4) is 0 Å². The Hall–Kier alpha value is -3.21. The average molecular weight is 429 g/mol. The van der Waals surface area contributed by atoms with Crippen molar-refractivity contribution in [1.29, 1.82) is 0 Å². The Morgan fingerprint density at radius 3 is 2.00 bits per heavy atom. The van der Waals surface area contributed by atoms with Crippen molar-refractivity contribution in [2.75, 3.05) is 5.32 Å². The summed E-state index contributed by atoms with van der Waals surface area (Å²) in [6, 6.07) is 14.7. The summed E-state index contributed by atoms with van der Waals surface area (Å²) in [6.07, 6.45) is 6.19. The van der Waals surface area contributed by atoms with Gasteiger partial charge in [0.1, 0.15) is 0 Å². The summed E-state index contributed by atoms with van der Waals surface area (Å²) in [6.45, 7) is 3.91. The van der Waals surface area contributed by atoms with Gasteiger partial charge in [0, 0.05) is 5.69 Å². The molecule has 4 aliphatic rings. The fourth-order valence-corrected chi connectivity index (χ4v) is 5.82. The molecule has 0 aromatic heterocycles. The molecule has 0 radical (unpaired) electrons. The molecular formula is C27H28N2O3. The van der Waals surface area contributed by atoms with Gasteiger partial charge in [0.25, 0.3) is 0 Å². The first-order valence-corrected chi connectivity index (χ1v) is 11.4. The van der Waals surface area contributed by atoms with Crippen molar-refractivity contribution in [2.24, 2.45) is 23.7 Å². The minimum Gasteiger partial charge on any atom is -0.326 e. The molecule has 2 bridgehead atoms. The molecule has 1 saturated heterocycles. The SMILES string of the molecule is Cc1cccc(C)c1NC(=O)C[C@H](c1ccccc1)N1C(=O)[C@H]2[C@H](C1=O)[C@H]1C=C[C@H]2CC1. The lowest BCUT2D eigenvalue weighted by atomic mass is 9.63. The number of carbonyl (C=O) groups is 3. The van der Waals surface area contributed by atoms with Crippen molar-refractivity contribution in [3.8, 4) is 0 Å². The van der Waals surface area contributed by atoms with Gasteiger partial charge >= 0.3 is 0 Å². The zero-order valence-corrected chi connectivity index (χ0v) is 18.5. The molecule has 2 fully saturated rings. The zero-order chi connectivity index (χ0) is 22.4. The van der Waals surface area contributed by atoms with Gasteiger partial charge in [0.05, 0.1) is 24.3 Å². The van der Waals surface area contributed by atoms with E-state index in [-0.39, 0.29) is 47.8 Å². The highest BCUT2D eigenvalue weighted by Crippen LogP contribution is 2.51. The quantitative estimate of drug-likeness (QED) is 0.560. The van der Waals surface area contributed by atoms with Gasteiger partial charge in [-0.05, 0) is 55.2 Å². The van der Waals surface area contributed by atoms with Crippen molar-refractivity contribution < 1.29 is 14.4 Å². The molecule has 5 atom stereocenters. The van der Waals surface area contributed by atoms with Crippen molar-refractivity contribution in [1.82, 2.24) is 4.90 Å². The number of likely N-dealkylation sites (tertiary alicyclic amines) is 1. The van der Waals surface area contributed by atoms with Gasteiger partial charge in [0.2, 0.25) is 17.7 Å². The van der Waals surface area contributed by atoms with Gasteiger partial charge in [-0.15, -0.1) is 0 Å².